The van der Waals surface area contributed by atoms with Gasteiger partial charge in [-0.2, -0.15) is 0 Å². The van der Waals surface area contributed by atoms with Gasteiger partial charge in [0, 0.05) is 0 Å². The maximum atomic E-state index is 2.55. The van der Waals surface area contributed by atoms with Crippen LogP contribution >= 0.6 is 0 Å². The highest BCUT2D eigenvalue weighted by molar-refractivity contribution is 4.69. The monoisotopic (exact) mass is 295 g/mol. The molecule has 0 aromatic rings. The van der Waals surface area contributed by atoms with E-state index < -0.39 is 0 Å². The van der Waals surface area contributed by atoms with E-state index in [0.717, 1.165) is 23.7 Å². The second-order valence-electron chi connectivity index (χ2n) is 8.30. The SMILES string of the molecule is CC(C)CCCC(C)CC[CH]CCC(C)CCCC(C)C. The normalized spacial score (nSPS) is 14.9. The van der Waals surface area contributed by atoms with Gasteiger partial charge in [0.25, 0.3) is 0 Å². The molecule has 0 N–H and O–H groups in total. The minimum Gasteiger partial charge on any atom is -0.0628 e. The van der Waals surface area contributed by atoms with Crippen molar-refractivity contribution in [3.05, 3.63) is 6.42 Å². The highest BCUT2D eigenvalue weighted by Gasteiger charge is 2.05. The standard InChI is InChI=1S/C21H43/c1-18(2)12-10-16-20(5)14-8-7-9-15-21(6)17-11-13-19(3)4/h7,18-21H,8-17H2,1-6H3. The van der Waals surface area contributed by atoms with Crippen LogP contribution in [0.1, 0.15) is 106 Å². The van der Waals surface area contributed by atoms with E-state index in [1.807, 2.05) is 0 Å². The van der Waals surface area contributed by atoms with Crippen LogP contribution in [0.25, 0.3) is 0 Å². The number of rotatable bonds is 14. The van der Waals surface area contributed by atoms with Crippen molar-refractivity contribution in [3.63, 3.8) is 0 Å². The van der Waals surface area contributed by atoms with Gasteiger partial charge in [0.2, 0.25) is 0 Å². The van der Waals surface area contributed by atoms with E-state index in [4.69, 9.17) is 0 Å². The van der Waals surface area contributed by atoms with Crippen LogP contribution in [0, 0.1) is 30.1 Å². The lowest BCUT2D eigenvalue weighted by Crippen LogP contribution is -1.99. The lowest BCUT2D eigenvalue weighted by molar-refractivity contribution is 0.420. The summed E-state index contributed by atoms with van der Waals surface area (Å²) in [6, 6.07) is 0. The molecule has 21 heavy (non-hydrogen) atoms. The maximum Gasteiger partial charge on any atom is -0.0386 e. The average Bonchev–Trinajstić information content (AvgIpc) is 2.37. The molecule has 0 spiro atoms. The molecule has 0 heterocycles. The Morgan fingerprint density at radius 3 is 1.24 bits per heavy atom. The number of unbranched alkanes of at least 4 members (excludes halogenated alkanes) is 2. The Hall–Kier alpha value is 0. The van der Waals surface area contributed by atoms with Crippen molar-refractivity contribution in [2.24, 2.45) is 23.7 Å². The summed E-state index contributed by atoms with van der Waals surface area (Å²) in [5.41, 5.74) is 0. The molecule has 1 radical (unpaired) electrons. The Kier molecular flexibility index (Phi) is 13.6. The van der Waals surface area contributed by atoms with Gasteiger partial charge < -0.3 is 0 Å². The van der Waals surface area contributed by atoms with Gasteiger partial charge in [0.05, 0.1) is 0 Å². The van der Waals surface area contributed by atoms with Crippen molar-refractivity contribution in [2.75, 3.05) is 0 Å². The van der Waals surface area contributed by atoms with Crippen LogP contribution in [-0.4, -0.2) is 0 Å². The molecule has 127 valence electrons. The quantitative estimate of drug-likeness (QED) is 0.288. The van der Waals surface area contributed by atoms with Crippen molar-refractivity contribution in [1.29, 1.82) is 0 Å². The summed E-state index contributed by atoms with van der Waals surface area (Å²) >= 11 is 0. The summed E-state index contributed by atoms with van der Waals surface area (Å²) in [6.45, 7) is 14.2. The maximum absolute atomic E-state index is 2.55. The Labute approximate surface area is 136 Å². The highest BCUT2D eigenvalue weighted by Crippen LogP contribution is 2.20. The summed E-state index contributed by atoms with van der Waals surface area (Å²) in [7, 11) is 0. The van der Waals surface area contributed by atoms with Crippen molar-refractivity contribution in [3.8, 4) is 0 Å². The second kappa shape index (κ2) is 13.6. The molecule has 0 heteroatoms. The topological polar surface area (TPSA) is 0 Å². The van der Waals surface area contributed by atoms with Crippen LogP contribution in [0.2, 0.25) is 0 Å². The Morgan fingerprint density at radius 1 is 0.524 bits per heavy atom. The predicted molar refractivity (Wildman–Crippen MR) is 98.5 cm³/mol. The fourth-order valence-corrected chi connectivity index (χ4v) is 2.99. The number of hydrogen-bond donors (Lipinski definition) is 0. The Balaban J connectivity index is 3.34. The van der Waals surface area contributed by atoms with Crippen molar-refractivity contribution in [2.45, 2.75) is 106 Å². The molecule has 0 nitrogen and oxygen atoms in total. The van der Waals surface area contributed by atoms with Crippen LogP contribution in [0.3, 0.4) is 0 Å². The van der Waals surface area contributed by atoms with E-state index in [2.05, 4.69) is 48.0 Å². The first-order valence-corrected chi connectivity index (χ1v) is 9.73. The van der Waals surface area contributed by atoms with E-state index >= 15 is 0 Å². The van der Waals surface area contributed by atoms with Gasteiger partial charge in [-0.3, -0.25) is 0 Å². The molecule has 0 amide bonds. The van der Waals surface area contributed by atoms with E-state index in [0.29, 0.717) is 0 Å². The molecule has 2 unspecified atom stereocenters. The first-order valence-electron chi connectivity index (χ1n) is 9.73. The first kappa shape index (κ1) is 21.0. The average molecular weight is 296 g/mol. The summed E-state index contributed by atoms with van der Waals surface area (Å²) in [6.07, 6.45) is 16.5. The van der Waals surface area contributed by atoms with Crippen LogP contribution in [0.5, 0.6) is 0 Å². The van der Waals surface area contributed by atoms with Gasteiger partial charge in [-0.25, -0.2) is 0 Å². The minimum atomic E-state index is 0.876. The van der Waals surface area contributed by atoms with E-state index in [9.17, 15) is 0 Å². The molecule has 0 saturated carbocycles. The summed E-state index contributed by atoms with van der Waals surface area (Å²) < 4.78 is 0. The molecule has 0 aliphatic rings. The molecular formula is C21H43. The van der Waals surface area contributed by atoms with E-state index in [-0.39, 0.29) is 0 Å². The fourth-order valence-electron chi connectivity index (χ4n) is 2.99. The summed E-state index contributed by atoms with van der Waals surface area (Å²) in [5.74, 6) is 3.59. The van der Waals surface area contributed by atoms with Crippen LogP contribution in [-0.2, 0) is 0 Å². The van der Waals surface area contributed by atoms with Gasteiger partial charge in [0.15, 0.2) is 0 Å². The van der Waals surface area contributed by atoms with Crippen LogP contribution < -0.4 is 0 Å². The molecule has 0 saturated heterocycles. The zero-order valence-electron chi connectivity index (χ0n) is 16.0. The fraction of sp³-hybridized carbons (Fsp3) is 0.952. The molecule has 0 fully saturated rings. The molecular weight excluding hydrogens is 252 g/mol. The molecule has 0 aliphatic carbocycles. The zero-order chi connectivity index (χ0) is 16.1. The lowest BCUT2D eigenvalue weighted by atomic mass is 9.93. The third kappa shape index (κ3) is 16.2. The minimum absolute atomic E-state index is 0.876. The number of hydrogen-bond acceptors (Lipinski definition) is 0. The van der Waals surface area contributed by atoms with Crippen molar-refractivity contribution >= 4 is 0 Å². The van der Waals surface area contributed by atoms with E-state index in [1.54, 1.807) is 0 Å². The predicted octanol–water partition coefficient (Wildman–Crippen LogP) is 7.68. The third-order valence-electron chi connectivity index (χ3n) is 4.68. The molecule has 0 aromatic heterocycles. The van der Waals surface area contributed by atoms with Gasteiger partial charge in [-0.05, 0) is 42.9 Å². The largest absolute Gasteiger partial charge is 0.0628 e. The van der Waals surface area contributed by atoms with Gasteiger partial charge in [-0.15, -0.1) is 0 Å². The third-order valence-corrected chi connectivity index (χ3v) is 4.68. The highest BCUT2D eigenvalue weighted by atomic mass is 14.1. The zero-order valence-corrected chi connectivity index (χ0v) is 16.0. The van der Waals surface area contributed by atoms with Gasteiger partial charge in [0.1, 0.15) is 0 Å². The lowest BCUT2D eigenvalue weighted by Gasteiger charge is -2.14. The Morgan fingerprint density at radius 2 is 0.905 bits per heavy atom. The second-order valence-corrected chi connectivity index (χ2v) is 8.30. The first-order chi connectivity index (χ1) is 9.91. The van der Waals surface area contributed by atoms with Gasteiger partial charge >= 0.3 is 0 Å². The van der Waals surface area contributed by atoms with Crippen molar-refractivity contribution in [1.82, 2.24) is 0 Å². The summed E-state index contributed by atoms with van der Waals surface area (Å²) in [5, 5.41) is 0. The van der Waals surface area contributed by atoms with Crippen molar-refractivity contribution < 1.29 is 0 Å². The van der Waals surface area contributed by atoms with Crippen LogP contribution in [0.4, 0.5) is 0 Å². The molecule has 0 aliphatic heterocycles. The molecule has 2 atom stereocenters. The Bertz CT molecular complexity index is 182. The van der Waals surface area contributed by atoms with Crippen LogP contribution in [0.15, 0.2) is 0 Å². The molecule has 0 aromatic carbocycles. The van der Waals surface area contributed by atoms with Gasteiger partial charge in [-0.1, -0.05) is 92.9 Å². The molecule has 0 rings (SSSR count). The summed E-state index contributed by atoms with van der Waals surface area (Å²) in [4.78, 5) is 0. The van der Waals surface area contributed by atoms with E-state index in [1.165, 1.54) is 64.2 Å². The smallest absolute Gasteiger partial charge is 0.0386 e. The molecule has 0 bridgehead atoms.